The highest BCUT2D eigenvalue weighted by Gasteiger charge is 2.13. The van der Waals surface area contributed by atoms with E-state index in [1.54, 1.807) is 31.4 Å². The van der Waals surface area contributed by atoms with Crippen LogP contribution in [0.1, 0.15) is 21.5 Å². The predicted molar refractivity (Wildman–Crippen MR) is 92.4 cm³/mol. The van der Waals surface area contributed by atoms with E-state index in [4.69, 9.17) is 14.2 Å². The molecule has 0 aliphatic rings. The lowest BCUT2D eigenvalue weighted by molar-refractivity contribution is 0.0732. The first-order valence-electron chi connectivity index (χ1n) is 7.22. The molecule has 0 radical (unpaired) electrons. The lowest BCUT2D eigenvalue weighted by Gasteiger charge is -2.11. The molecular formula is C18H19BrO4. The van der Waals surface area contributed by atoms with Gasteiger partial charge in [0.05, 0.1) is 12.2 Å². The molecule has 122 valence electrons. The fourth-order valence-electron chi connectivity index (χ4n) is 2.14. The lowest BCUT2D eigenvalue weighted by Crippen LogP contribution is -2.10. The summed E-state index contributed by atoms with van der Waals surface area (Å²) in [6, 6.07) is 10.7. The van der Waals surface area contributed by atoms with Gasteiger partial charge in [0.25, 0.3) is 0 Å². The van der Waals surface area contributed by atoms with Gasteiger partial charge in [0, 0.05) is 11.6 Å². The molecule has 0 aliphatic heterocycles. The van der Waals surface area contributed by atoms with Crippen molar-refractivity contribution in [2.45, 2.75) is 13.8 Å². The summed E-state index contributed by atoms with van der Waals surface area (Å²) in [5.41, 5.74) is 2.29. The highest BCUT2D eigenvalue weighted by molar-refractivity contribution is 9.10. The van der Waals surface area contributed by atoms with Crippen LogP contribution < -0.4 is 9.47 Å². The number of methoxy groups -OCH3 is 1. The molecule has 0 atom stereocenters. The Labute approximate surface area is 144 Å². The molecule has 5 heteroatoms. The first-order chi connectivity index (χ1) is 11.0. The monoisotopic (exact) mass is 378 g/mol. The average molecular weight is 379 g/mol. The summed E-state index contributed by atoms with van der Waals surface area (Å²) in [5, 5.41) is 0. The minimum Gasteiger partial charge on any atom is -0.491 e. The smallest absolute Gasteiger partial charge is 0.343 e. The minimum atomic E-state index is -0.387. The normalized spacial score (nSPS) is 10.4. The highest BCUT2D eigenvalue weighted by atomic mass is 79.9. The number of benzene rings is 2. The van der Waals surface area contributed by atoms with Crippen molar-refractivity contribution >= 4 is 21.9 Å². The van der Waals surface area contributed by atoms with E-state index in [-0.39, 0.29) is 5.97 Å². The summed E-state index contributed by atoms with van der Waals surface area (Å²) in [7, 11) is 1.62. The number of aryl methyl sites for hydroxylation is 2. The van der Waals surface area contributed by atoms with Crippen LogP contribution >= 0.6 is 15.9 Å². The van der Waals surface area contributed by atoms with Crippen LogP contribution in [0.2, 0.25) is 0 Å². The first kappa shape index (κ1) is 17.5. The van der Waals surface area contributed by atoms with Crippen molar-refractivity contribution in [3.8, 4) is 11.5 Å². The number of hydrogen-bond donors (Lipinski definition) is 0. The van der Waals surface area contributed by atoms with Gasteiger partial charge in [0.1, 0.15) is 18.1 Å². The molecule has 0 fully saturated rings. The number of hydrogen-bond acceptors (Lipinski definition) is 4. The molecule has 0 heterocycles. The van der Waals surface area contributed by atoms with Gasteiger partial charge in [-0.25, -0.2) is 4.79 Å². The maximum absolute atomic E-state index is 12.3. The van der Waals surface area contributed by atoms with Crippen molar-refractivity contribution in [2.75, 3.05) is 20.3 Å². The molecule has 23 heavy (non-hydrogen) atoms. The molecule has 2 aromatic carbocycles. The topological polar surface area (TPSA) is 44.8 Å². The number of halogens is 1. The Morgan fingerprint density at radius 1 is 1.04 bits per heavy atom. The van der Waals surface area contributed by atoms with Gasteiger partial charge in [0.15, 0.2) is 0 Å². The van der Waals surface area contributed by atoms with Crippen LogP contribution in [0.15, 0.2) is 40.9 Å². The van der Waals surface area contributed by atoms with Gasteiger partial charge < -0.3 is 14.2 Å². The predicted octanol–water partition coefficient (Wildman–Crippen LogP) is 4.31. The van der Waals surface area contributed by atoms with Crippen LogP contribution in [0.25, 0.3) is 0 Å². The van der Waals surface area contributed by atoms with E-state index in [0.29, 0.717) is 30.3 Å². The molecule has 0 amide bonds. The minimum absolute atomic E-state index is 0.387. The lowest BCUT2D eigenvalue weighted by atomic mass is 10.1. The quantitative estimate of drug-likeness (QED) is 0.426. The van der Waals surface area contributed by atoms with Gasteiger partial charge in [-0.1, -0.05) is 15.9 Å². The van der Waals surface area contributed by atoms with Gasteiger partial charge in [0.2, 0.25) is 0 Å². The number of carbonyl (C=O) groups is 1. The third-order valence-corrected chi connectivity index (χ3v) is 3.72. The van der Waals surface area contributed by atoms with Crippen molar-refractivity contribution in [3.05, 3.63) is 57.6 Å². The van der Waals surface area contributed by atoms with Crippen molar-refractivity contribution in [1.82, 2.24) is 0 Å². The third-order valence-electron chi connectivity index (χ3n) is 3.27. The summed E-state index contributed by atoms with van der Waals surface area (Å²) in [4.78, 5) is 12.3. The molecule has 2 aromatic rings. The first-order valence-corrected chi connectivity index (χ1v) is 8.01. The molecule has 0 saturated heterocycles. The van der Waals surface area contributed by atoms with Gasteiger partial charge in [-0.05, 0) is 61.4 Å². The van der Waals surface area contributed by atoms with Crippen molar-refractivity contribution in [1.29, 1.82) is 0 Å². The Morgan fingerprint density at radius 3 is 2.22 bits per heavy atom. The molecule has 0 N–H and O–H groups in total. The van der Waals surface area contributed by atoms with Gasteiger partial charge in [-0.3, -0.25) is 0 Å². The van der Waals surface area contributed by atoms with E-state index in [1.807, 2.05) is 26.0 Å². The number of esters is 1. The molecule has 2 rings (SSSR count). The zero-order chi connectivity index (χ0) is 16.8. The molecule has 0 bridgehead atoms. The zero-order valence-electron chi connectivity index (χ0n) is 13.4. The Morgan fingerprint density at radius 2 is 1.65 bits per heavy atom. The Hall–Kier alpha value is -1.85. The van der Waals surface area contributed by atoms with Crippen LogP contribution in [0, 0.1) is 13.8 Å². The van der Waals surface area contributed by atoms with Crippen molar-refractivity contribution in [3.63, 3.8) is 0 Å². The second-order valence-corrected chi connectivity index (χ2v) is 6.04. The maximum atomic E-state index is 12.3. The van der Waals surface area contributed by atoms with E-state index in [9.17, 15) is 4.79 Å². The Bertz CT molecular complexity index is 657. The third kappa shape index (κ3) is 4.81. The van der Waals surface area contributed by atoms with Crippen LogP contribution in [0.5, 0.6) is 11.5 Å². The molecule has 0 aromatic heterocycles. The second kappa shape index (κ2) is 8.13. The van der Waals surface area contributed by atoms with E-state index in [1.165, 1.54) is 0 Å². The molecular weight excluding hydrogens is 360 g/mol. The Balaban J connectivity index is 2.06. The van der Waals surface area contributed by atoms with Crippen LogP contribution in [-0.2, 0) is 4.74 Å². The summed E-state index contributed by atoms with van der Waals surface area (Å²) >= 11 is 3.43. The summed E-state index contributed by atoms with van der Waals surface area (Å²) in [6.45, 7) is 4.81. The summed E-state index contributed by atoms with van der Waals surface area (Å²) < 4.78 is 16.9. The maximum Gasteiger partial charge on any atom is 0.343 e. The fourth-order valence-corrected chi connectivity index (χ4v) is 2.83. The van der Waals surface area contributed by atoms with E-state index >= 15 is 0 Å². The van der Waals surface area contributed by atoms with Gasteiger partial charge in [-0.2, -0.15) is 0 Å². The number of ether oxygens (including phenoxy) is 3. The van der Waals surface area contributed by atoms with E-state index in [2.05, 4.69) is 15.9 Å². The highest BCUT2D eigenvalue weighted by Crippen LogP contribution is 2.28. The van der Waals surface area contributed by atoms with E-state index < -0.39 is 0 Å². The summed E-state index contributed by atoms with van der Waals surface area (Å²) in [5.74, 6) is 0.898. The summed E-state index contributed by atoms with van der Waals surface area (Å²) in [6.07, 6.45) is 0. The van der Waals surface area contributed by atoms with Crippen LogP contribution in [-0.4, -0.2) is 26.3 Å². The van der Waals surface area contributed by atoms with Crippen LogP contribution in [0.3, 0.4) is 0 Å². The fraction of sp³-hybridized carbons (Fsp3) is 0.278. The largest absolute Gasteiger partial charge is 0.491 e. The molecule has 0 aliphatic carbocycles. The molecule has 4 nitrogen and oxygen atoms in total. The second-order valence-electron chi connectivity index (χ2n) is 5.12. The number of rotatable bonds is 6. The zero-order valence-corrected chi connectivity index (χ0v) is 15.0. The molecule has 0 spiro atoms. The van der Waals surface area contributed by atoms with Gasteiger partial charge in [-0.15, -0.1) is 0 Å². The SMILES string of the molecule is COCCOc1ccc(C(=O)Oc2c(C)cc(Br)cc2C)cc1. The van der Waals surface area contributed by atoms with Crippen LogP contribution in [0.4, 0.5) is 0 Å². The standard InChI is InChI=1S/C18H19BrO4/c1-12-10-15(19)11-13(2)17(12)23-18(20)14-4-6-16(7-5-14)22-9-8-21-3/h4-7,10-11H,8-9H2,1-3H3. The molecule has 0 saturated carbocycles. The van der Waals surface area contributed by atoms with Crippen molar-refractivity contribution < 1.29 is 19.0 Å². The average Bonchev–Trinajstić information content (AvgIpc) is 2.51. The Kier molecular flexibility index (Phi) is 6.19. The molecule has 0 unspecified atom stereocenters. The number of carbonyl (C=O) groups excluding carboxylic acids is 1. The van der Waals surface area contributed by atoms with Gasteiger partial charge >= 0.3 is 5.97 Å². The van der Waals surface area contributed by atoms with Crippen molar-refractivity contribution in [2.24, 2.45) is 0 Å². The van der Waals surface area contributed by atoms with E-state index in [0.717, 1.165) is 15.6 Å².